The van der Waals surface area contributed by atoms with E-state index in [1.54, 1.807) is 22.3 Å². The van der Waals surface area contributed by atoms with Gasteiger partial charge in [0.2, 0.25) is 0 Å². The number of ether oxygens (including phenoxy) is 4. The van der Waals surface area contributed by atoms with E-state index in [9.17, 15) is 38.4 Å². The van der Waals surface area contributed by atoms with Gasteiger partial charge in [0.25, 0.3) is 0 Å². The van der Waals surface area contributed by atoms with Crippen molar-refractivity contribution < 1.29 is 57.3 Å². The van der Waals surface area contributed by atoms with Gasteiger partial charge in [-0.1, -0.05) is 77.7 Å². The Balaban J connectivity index is 0.0000000819. The average Bonchev–Trinajstić information content (AvgIpc) is 1.47. The molecule has 4 saturated heterocycles. The zero-order chi connectivity index (χ0) is 77.3. The Kier molecular flexibility index (Phi) is 12.8. The highest BCUT2D eigenvalue weighted by Gasteiger charge is 2.85. The van der Waals surface area contributed by atoms with Gasteiger partial charge in [0.15, 0.2) is 23.1 Å². The van der Waals surface area contributed by atoms with Gasteiger partial charge in [-0.25, -0.2) is 0 Å². The number of fused-ring (bicyclic) bond motifs is 42. The van der Waals surface area contributed by atoms with E-state index in [1.165, 1.54) is 103 Å². The van der Waals surface area contributed by atoms with Crippen molar-refractivity contribution in [1.82, 2.24) is 0 Å². The average molecular weight is 1550 g/mol. The van der Waals surface area contributed by atoms with E-state index in [2.05, 4.69) is 79.7 Å². The molecule has 0 bridgehead atoms. The zero-order valence-corrected chi connectivity index (χ0v) is 69.9. The number of carbonyl (C=O) groups excluding carboxylic acids is 8. The molecule has 0 amide bonds. The van der Waals surface area contributed by atoms with Crippen LogP contribution in [0.2, 0.25) is 0 Å². The molecule has 26 fully saturated rings. The topological polar surface area (TPSA) is 173 Å². The number of allylic oxidation sites excluding steroid dienone is 4. The molecule has 30 aliphatic rings. The largest absolute Gasteiger partial charge is 0.458 e. The number of ketones is 4. The second-order valence-corrected chi connectivity index (χ2v) is 50.0. The van der Waals surface area contributed by atoms with E-state index < -0.39 is 0 Å². The van der Waals surface area contributed by atoms with Crippen LogP contribution in [0.15, 0.2) is 46.6 Å². The monoisotopic (exact) mass is 1540 g/mol. The van der Waals surface area contributed by atoms with Gasteiger partial charge >= 0.3 is 23.9 Å². The molecule has 18 unspecified atom stereocenters. The molecule has 0 aromatic heterocycles. The Labute approximate surface area is 675 Å². The first kappa shape index (κ1) is 70.2. The number of rotatable bonds is 0. The van der Waals surface area contributed by atoms with Crippen LogP contribution in [0.1, 0.15) is 299 Å². The fraction of sp³-hybridized carbons (Fsp3) is 0.843. The maximum Gasteiger partial charge on any atom is 0.306 e. The minimum absolute atomic E-state index is 0.0170. The van der Waals surface area contributed by atoms with Crippen LogP contribution >= 0.6 is 0 Å². The van der Waals surface area contributed by atoms with Crippen molar-refractivity contribution in [2.24, 2.45) is 207 Å². The van der Waals surface area contributed by atoms with Gasteiger partial charge in [-0.2, -0.15) is 0 Å². The molecule has 114 heavy (non-hydrogen) atoms. The van der Waals surface area contributed by atoms with Gasteiger partial charge in [-0.15, -0.1) is 0 Å². The highest BCUT2D eigenvalue weighted by molar-refractivity contribution is 6.01. The molecule has 0 radical (unpaired) electrons. The Hall–Kier alpha value is -4.48. The zero-order valence-electron chi connectivity index (χ0n) is 69.9. The van der Waals surface area contributed by atoms with Crippen LogP contribution in [0.25, 0.3) is 0 Å². The lowest BCUT2D eigenvalue weighted by molar-refractivity contribution is -0.178. The molecule has 4 heterocycles. The minimum Gasteiger partial charge on any atom is -0.458 e. The molecule has 8 spiro atoms. The van der Waals surface area contributed by atoms with Crippen molar-refractivity contribution in [3.8, 4) is 0 Å². The first-order chi connectivity index (χ1) is 54.3. The highest BCUT2D eigenvalue weighted by atomic mass is 16.6. The third-order valence-corrected chi connectivity index (χ3v) is 46.6. The quantitative estimate of drug-likeness (QED) is 0.166. The lowest BCUT2D eigenvalue weighted by Crippen LogP contribution is -2.58. The Bertz CT molecular complexity index is 4430. The third-order valence-electron chi connectivity index (χ3n) is 46.6. The number of hydrogen-bond acceptors (Lipinski definition) is 12. The molecule has 12 heteroatoms. The van der Waals surface area contributed by atoms with E-state index in [4.69, 9.17) is 18.9 Å². The van der Waals surface area contributed by atoms with Gasteiger partial charge in [0.05, 0.1) is 0 Å². The lowest BCUT2D eigenvalue weighted by atomic mass is 9.44. The summed E-state index contributed by atoms with van der Waals surface area (Å²) >= 11 is 0. The Morgan fingerprint density at radius 1 is 0.263 bits per heavy atom. The molecule has 22 saturated carbocycles. The van der Waals surface area contributed by atoms with Crippen LogP contribution in [-0.2, 0) is 57.3 Å². The van der Waals surface area contributed by atoms with Gasteiger partial charge in [-0.3, -0.25) is 38.4 Å². The summed E-state index contributed by atoms with van der Waals surface area (Å²) in [5, 5.41) is 0. The lowest BCUT2D eigenvalue weighted by Gasteiger charge is -2.60. The second kappa shape index (κ2) is 20.8. The van der Waals surface area contributed by atoms with Crippen LogP contribution in [0.5, 0.6) is 0 Å². The summed E-state index contributed by atoms with van der Waals surface area (Å²) in [4.78, 5) is 99.9. The summed E-state index contributed by atoms with van der Waals surface area (Å²) in [5.74, 6) is 19.9. The molecule has 12 nitrogen and oxygen atoms in total. The Morgan fingerprint density at radius 3 is 0.816 bits per heavy atom. The van der Waals surface area contributed by atoms with E-state index in [1.807, 2.05) is 0 Å². The van der Waals surface area contributed by atoms with Crippen molar-refractivity contribution >= 4 is 47.0 Å². The fourth-order valence-electron chi connectivity index (χ4n) is 40.6. The van der Waals surface area contributed by atoms with Crippen molar-refractivity contribution in [3.63, 3.8) is 0 Å². The third kappa shape index (κ3) is 8.12. The van der Waals surface area contributed by atoms with Crippen LogP contribution in [0, 0.1) is 207 Å². The predicted molar refractivity (Wildman–Crippen MR) is 421 cm³/mol. The number of esters is 4. The van der Waals surface area contributed by atoms with Crippen molar-refractivity contribution in [3.05, 3.63) is 46.6 Å². The molecule has 608 valence electrons. The number of hydrogen-bond donors (Lipinski definition) is 0. The molecule has 26 aliphatic carbocycles. The molecule has 0 aromatic carbocycles. The smallest absolute Gasteiger partial charge is 0.306 e. The molecule has 0 N–H and O–H groups in total. The van der Waals surface area contributed by atoms with Crippen LogP contribution in [0.4, 0.5) is 0 Å². The van der Waals surface area contributed by atoms with Crippen molar-refractivity contribution in [2.45, 2.75) is 322 Å². The van der Waals surface area contributed by atoms with Crippen molar-refractivity contribution in [1.29, 1.82) is 0 Å². The van der Waals surface area contributed by atoms with Gasteiger partial charge < -0.3 is 18.9 Å². The minimum atomic E-state index is -0.165. The first-order valence-electron chi connectivity index (χ1n) is 48.2. The van der Waals surface area contributed by atoms with Crippen LogP contribution in [0.3, 0.4) is 0 Å². The number of carbonyl (C=O) groups is 8. The maximum absolute atomic E-state index is 12.9. The maximum atomic E-state index is 12.9. The standard InChI is InChI=1S/2C26H32O3.2C25H32O3/c2*1-23-12-25(7-8-25)19(27)11-17(23)13-9-14(13)21-16(23)3-5-24(2)22(21)15-10-18(15)26(24)6-4-20(28)29-26;2*1-22-13-24(9-10-24)19(26)12-18(22)14-11-15(14)21-16(22)3-6-23(2)17(21)4-7-25(23)8-5-20(27)28-25/h2*11,13-16,18,21-22H,3-10,12H2,1-2H3;2*12,14-17,21H,3-11,13H2,1-2H3/t13-,14?,15+,16?,18?,21?,22?,23-,24+,26+;13-,14?,15-,16?,18?,21?,22?,23+,24-,26-;14-,15?,16?,17?,21?,22+,23-,25+;14-,15?,16?,17?,21?,22-,23+,25-/m1001/s1. The van der Waals surface area contributed by atoms with E-state index in [0.29, 0.717) is 96.2 Å². The summed E-state index contributed by atoms with van der Waals surface area (Å²) in [6, 6.07) is 0. The predicted octanol–water partition coefficient (Wildman–Crippen LogP) is 19.1. The van der Waals surface area contributed by atoms with E-state index in [0.717, 1.165) is 210 Å². The molecule has 36 atom stereocenters. The first-order valence-corrected chi connectivity index (χ1v) is 48.2. The SMILES string of the molecule is C[C@]12CC3(CC3)C(=O)C=C1[C@@H]1CC1C1C2CC[C@@]2(C)C1CC[C@@]21CCC(=O)O1.C[C@]12CC3(CC3)C(=O)C=C1[C@@H]1CC1C1C2CC[C@@]2(C)C1[C@H]1CC1[C@@]21CCC(=O)O1.C[C@]12CC3(CC3)C(=O)C=C1[C@H]1CC1C1C2CC[C@@]2(C)C1CC[C@@]21CCC(=O)O1.C[C@]12CC3(CC3)C(=O)C=C1[C@H]1CC1C1C2CC[C@@]2(C)C1[C@H]1CC1[C@@]21CCC(=O)O1. The summed E-state index contributed by atoms with van der Waals surface area (Å²) in [6.45, 7) is 20.1. The van der Waals surface area contributed by atoms with Crippen LogP contribution in [-0.4, -0.2) is 69.4 Å². The second-order valence-electron chi connectivity index (χ2n) is 50.0. The Morgan fingerprint density at radius 2 is 0.535 bits per heavy atom. The molecule has 30 rings (SSSR count). The molecule has 0 aromatic rings. The van der Waals surface area contributed by atoms with Gasteiger partial charge in [-0.05, 0) is 394 Å². The fourth-order valence-corrected chi connectivity index (χ4v) is 40.6. The molecule has 4 aliphatic heterocycles. The summed E-state index contributed by atoms with van der Waals surface area (Å²) in [6.07, 6.45) is 50.9. The van der Waals surface area contributed by atoms with Gasteiger partial charge in [0, 0.05) is 80.8 Å². The highest BCUT2D eigenvalue weighted by Crippen LogP contribution is 2.88. The summed E-state index contributed by atoms with van der Waals surface area (Å²) < 4.78 is 24.7. The molecular formula is C102H128O12. The summed E-state index contributed by atoms with van der Waals surface area (Å²) in [5.41, 5.74) is 7.41. The van der Waals surface area contributed by atoms with E-state index >= 15 is 0 Å². The van der Waals surface area contributed by atoms with Crippen LogP contribution < -0.4 is 0 Å². The van der Waals surface area contributed by atoms with Gasteiger partial charge in [0.1, 0.15) is 22.4 Å². The van der Waals surface area contributed by atoms with Crippen molar-refractivity contribution in [2.75, 3.05) is 0 Å². The molecular weight excluding hydrogens is 1420 g/mol. The normalized spacial score (nSPS) is 59.6. The summed E-state index contributed by atoms with van der Waals surface area (Å²) in [7, 11) is 0. The van der Waals surface area contributed by atoms with E-state index in [-0.39, 0.29) is 111 Å².